The third-order valence-corrected chi connectivity index (χ3v) is 4.59. The van der Waals surface area contributed by atoms with Crippen LogP contribution in [0.1, 0.15) is 11.1 Å². The Balaban J connectivity index is 1.55. The maximum atomic E-state index is 12.8. The highest BCUT2D eigenvalue weighted by Crippen LogP contribution is 2.20. The molecule has 0 saturated carbocycles. The molecule has 2 amide bonds. The van der Waals surface area contributed by atoms with Crippen LogP contribution in [0.5, 0.6) is 0 Å². The average molecular weight is 333 g/mol. The number of piperazine rings is 1. The smallest absolute Gasteiger partial charge is 0.246 e. The zero-order valence-corrected chi connectivity index (χ0v) is 13.7. The number of rotatable bonds is 4. The molecule has 25 heavy (non-hydrogen) atoms. The summed E-state index contributed by atoms with van der Waals surface area (Å²) in [6.45, 7) is 0.565. The van der Waals surface area contributed by atoms with Crippen molar-refractivity contribution in [2.24, 2.45) is 0 Å². The zero-order valence-electron chi connectivity index (χ0n) is 13.7. The van der Waals surface area contributed by atoms with Gasteiger partial charge in [0.05, 0.1) is 6.54 Å². The highest BCUT2D eigenvalue weighted by molar-refractivity contribution is 5.95. The molecule has 0 bridgehead atoms. The summed E-state index contributed by atoms with van der Waals surface area (Å²) in [4.78, 5) is 29.8. The topological polar surface area (TPSA) is 65.2 Å². The normalized spacial score (nSPS) is 17.8. The SMILES string of the molecule is O=C1CN(Cc2ccccc2)C(=O)C(Cc2c[nH]c3ccccc23)N1. The van der Waals surface area contributed by atoms with Gasteiger partial charge in [0, 0.05) is 30.1 Å². The molecule has 5 nitrogen and oxygen atoms in total. The van der Waals surface area contributed by atoms with Crippen LogP contribution in [0.25, 0.3) is 10.9 Å². The second-order valence-electron chi connectivity index (χ2n) is 6.36. The number of carbonyl (C=O) groups excluding carboxylic acids is 2. The van der Waals surface area contributed by atoms with E-state index < -0.39 is 6.04 Å². The lowest BCUT2D eigenvalue weighted by Gasteiger charge is -2.32. The van der Waals surface area contributed by atoms with Crippen LogP contribution in [0.3, 0.4) is 0 Å². The summed E-state index contributed by atoms with van der Waals surface area (Å²) in [7, 11) is 0. The van der Waals surface area contributed by atoms with Crippen LogP contribution in [0.15, 0.2) is 60.8 Å². The highest BCUT2D eigenvalue weighted by Gasteiger charge is 2.33. The van der Waals surface area contributed by atoms with Gasteiger partial charge < -0.3 is 15.2 Å². The number of carbonyl (C=O) groups is 2. The Hall–Kier alpha value is -3.08. The molecule has 1 aromatic heterocycles. The van der Waals surface area contributed by atoms with E-state index in [-0.39, 0.29) is 18.4 Å². The van der Waals surface area contributed by atoms with Gasteiger partial charge in [0.25, 0.3) is 0 Å². The number of para-hydroxylation sites is 1. The monoisotopic (exact) mass is 333 g/mol. The molecule has 4 rings (SSSR count). The van der Waals surface area contributed by atoms with Crippen molar-refractivity contribution in [2.75, 3.05) is 6.54 Å². The van der Waals surface area contributed by atoms with Crippen molar-refractivity contribution >= 4 is 22.7 Å². The Morgan fingerprint density at radius 1 is 1.00 bits per heavy atom. The Morgan fingerprint density at radius 2 is 1.76 bits per heavy atom. The van der Waals surface area contributed by atoms with E-state index in [4.69, 9.17) is 0 Å². The van der Waals surface area contributed by atoms with E-state index in [1.807, 2.05) is 60.8 Å². The quantitative estimate of drug-likeness (QED) is 0.769. The maximum Gasteiger partial charge on any atom is 0.246 e. The molecular weight excluding hydrogens is 314 g/mol. The molecule has 0 radical (unpaired) electrons. The van der Waals surface area contributed by atoms with Crippen molar-refractivity contribution in [3.8, 4) is 0 Å². The summed E-state index contributed by atoms with van der Waals surface area (Å²) < 4.78 is 0. The number of benzene rings is 2. The third-order valence-electron chi connectivity index (χ3n) is 4.59. The second-order valence-corrected chi connectivity index (χ2v) is 6.36. The van der Waals surface area contributed by atoms with Crippen molar-refractivity contribution in [1.29, 1.82) is 0 Å². The lowest BCUT2D eigenvalue weighted by molar-refractivity contribution is -0.144. The molecule has 2 aromatic carbocycles. The first-order chi connectivity index (χ1) is 12.2. The van der Waals surface area contributed by atoms with Crippen molar-refractivity contribution in [1.82, 2.24) is 15.2 Å². The Morgan fingerprint density at radius 3 is 2.60 bits per heavy atom. The van der Waals surface area contributed by atoms with Crippen LogP contribution in [-0.4, -0.2) is 34.3 Å². The van der Waals surface area contributed by atoms with E-state index in [0.717, 1.165) is 22.0 Å². The standard InChI is InChI=1S/C20H19N3O2/c24-19-13-23(12-14-6-2-1-3-7-14)20(25)18(22-19)10-15-11-21-17-9-5-4-8-16(15)17/h1-9,11,18,21H,10,12-13H2,(H,22,24). The molecule has 1 fully saturated rings. The fourth-order valence-corrected chi connectivity index (χ4v) is 3.37. The Labute approximate surface area is 145 Å². The van der Waals surface area contributed by atoms with Crippen molar-refractivity contribution in [3.63, 3.8) is 0 Å². The van der Waals surface area contributed by atoms with Crippen LogP contribution in [0.2, 0.25) is 0 Å². The molecule has 1 saturated heterocycles. The first-order valence-corrected chi connectivity index (χ1v) is 8.38. The molecular formula is C20H19N3O2. The van der Waals surface area contributed by atoms with Crippen molar-refractivity contribution in [2.45, 2.75) is 19.0 Å². The van der Waals surface area contributed by atoms with Gasteiger partial charge in [0.1, 0.15) is 6.04 Å². The lowest BCUT2D eigenvalue weighted by atomic mass is 10.0. The molecule has 1 aliphatic heterocycles. The van der Waals surface area contributed by atoms with Gasteiger partial charge >= 0.3 is 0 Å². The third kappa shape index (κ3) is 3.13. The van der Waals surface area contributed by atoms with Gasteiger partial charge in [-0.1, -0.05) is 48.5 Å². The highest BCUT2D eigenvalue weighted by atomic mass is 16.2. The predicted octanol–water partition coefficient (Wildman–Crippen LogP) is 2.24. The number of fused-ring (bicyclic) bond motifs is 1. The van der Waals surface area contributed by atoms with Gasteiger partial charge in [-0.3, -0.25) is 9.59 Å². The van der Waals surface area contributed by atoms with Crippen molar-refractivity contribution < 1.29 is 9.59 Å². The van der Waals surface area contributed by atoms with E-state index >= 15 is 0 Å². The maximum absolute atomic E-state index is 12.8. The van der Waals surface area contributed by atoms with Crippen molar-refractivity contribution in [3.05, 3.63) is 71.9 Å². The molecule has 1 atom stereocenters. The number of nitrogens with zero attached hydrogens (tertiary/aromatic N) is 1. The number of hydrogen-bond acceptors (Lipinski definition) is 2. The van der Waals surface area contributed by atoms with Crippen LogP contribution in [0.4, 0.5) is 0 Å². The van der Waals surface area contributed by atoms with Crippen LogP contribution < -0.4 is 5.32 Å². The molecule has 2 N–H and O–H groups in total. The Kier molecular flexibility index (Phi) is 3.98. The molecule has 0 aliphatic carbocycles. The average Bonchev–Trinajstić information content (AvgIpc) is 3.03. The number of aromatic nitrogens is 1. The van der Waals surface area contributed by atoms with Gasteiger partial charge in [-0.15, -0.1) is 0 Å². The minimum absolute atomic E-state index is 0.0336. The van der Waals surface area contributed by atoms with E-state index in [0.29, 0.717) is 13.0 Å². The summed E-state index contributed by atoms with van der Waals surface area (Å²) in [5.74, 6) is -0.144. The summed E-state index contributed by atoms with van der Waals surface area (Å²) in [6, 6.07) is 17.2. The number of aromatic amines is 1. The Bertz CT molecular complexity index is 917. The molecule has 1 aliphatic rings. The summed E-state index contributed by atoms with van der Waals surface area (Å²) in [5.41, 5.74) is 3.10. The van der Waals surface area contributed by atoms with Gasteiger partial charge in [0.2, 0.25) is 11.8 Å². The number of amides is 2. The summed E-state index contributed by atoms with van der Waals surface area (Å²) in [5, 5.41) is 3.93. The fraction of sp³-hybridized carbons (Fsp3) is 0.200. The number of H-pyrrole nitrogens is 1. The first kappa shape index (κ1) is 15.4. The molecule has 2 heterocycles. The van der Waals surface area contributed by atoms with Crippen LogP contribution in [-0.2, 0) is 22.6 Å². The predicted molar refractivity (Wildman–Crippen MR) is 95.8 cm³/mol. The van der Waals surface area contributed by atoms with E-state index in [1.54, 1.807) is 4.90 Å². The number of nitrogens with one attached hydrogen (secondary N) is 2. The first-order valence-electron chi connectivity index (χ1n) is 8.38. The largest absolute Gasteiger partial charge is 0.361 e. The van der Waals surface area contributed by atoms with Crippen LogP contribution in [0, 0.1) is 0 Å². The summed E-state index contributed by atoms with van der Waals surface area (Å²) >= 11 is 0. The van der Waals surface area contributed by atoms with E-state index in [1.165, 1.54) is 0 Å². The van der Waals surface area contributed by atoms with Gasteiger partial charge in [-0.05, 0) is 17.2 Å². The number of hydrogen-bond donors (Lipinski definition) is 2. The minimum atomic E-state index is -0.524. The van der Waals surface area contributed by atoms with Gasteiger partial charge in [0.15, 0.2) is 0 Å². The van der Waals surface area contributed by atoms with Crippen LogP contribution >= 0.6 is 0 Å². The molecule has 126 valence electrons. The molecule has 1 unspecified atom stereocenters. The second kappa shape index (κ2) is 6.43. The summed E-state index contributed by atoms with van der Waals surface area (Å²) in [6.07, 6.45) is 2.40. The lowest BCUT2D eigenvalue weighted by Crippen LogP contribution is -2.58. The molecule has 5 heteroatoms. The fourth-order valence-electron chi connectivity index (χ4n) is 3.37. The minimum Gasteiger partial charge on any atom is -0.361 e. The van der Waals surface area contributed by atoms with Gasteiger partial charge in [-0.2, -0.15) is 0 Å². The van der Waals surface area contributed by atoms with E-state index in [2.05, 4.69) is 10.3 Å². The van der Waals surface area contributed by atoms with E-state index in [9.17, 15) is 9.59 Å². The van der Waals surface area contributed by atoms with Gasteiger partial charge in [-0.25, -0.2) is 0 Å². The molecule has 3 aromatic rings. The zero-order chi connectivity index (χ0) is 17.2. The molecule has 0 spiro atoms.